The van der Waals surface area contributed by atoms with Gasteiger partial charge in [0.1, 0.15) is 0 Å². The van der Waals surface area contributed by atoms with Crippen molar-refractivity contribution in [1.29, 1.82) is 0 Å². The predicted octanol–water partition coefficient (Wildman–Crippen LogP) is 3.23. The number of alkyl halides is 1. The lowest BCUT2D eigenvalue weighted by Crippen LogP contribution is -2.34. The zero-order valence-electron chi connectivity index (χ0n) is 10.9. The minimum Gasteiger partial charge on any atom is -0.481 e. The molecule has 1 aromatic rings. The highest BCUT2D eigenvalue weighted by atomic mass is 79.9. The Morgan fingerprint density at radius 1 is 1.39 bits per heavy atom. The number of ether oxygens (including phenoxy) is 1. The van der Waals surface area contributed by atoms with Crippen molar-refractivity contribution < 1.29 is 4.74 Å². The van der Waals surface area contributed by atoms with Crippen LogP contribution in [0.15, 0.2) is 18.2 Å². The molecule has 0 saturated heterocycles. The number of pyridine rings is 1. The van der Waals surface area contributed by atoms with Crippen molar-refractivity contribution in [2.24, 2.45) is 0 Å². The summed E-state index contributed by atoms with van der Waals surface area (Å²) in [6, 6.07) is 6.73. The van der Waals surface area contributed by atoms with E-state index in [4.69, 9.17) is 4.74 Å². The molecule has 0 bridgehead atoms. The molecule has 0 N–H and O–H groups in total. The van der Waals surface area contributed by atoms with Gasteiger partial charge in [0, 0.05) is 30.5 Å². The van der Waals surface area contributed by atoms with Crippen LogP contribution in [-0.4, -0.2) is 34.9 Å². The van der Waals surface area contributed by atoms with Crippen LogP contribution < -0.4 is 4.74 Å². The van der Waals surface area contributed by atoms with E-state index in [-0.39, 0.29) is 0 Å². The molecule has 1 aliphatic rings. The van der Waals surface area contributed by atoms with Crippen molar-refractivity contribution in [2.75, 3.05) is 19.0 Å². The second kappa shape index (κ2) is 7.10. The van der Waals surface area contributed by atoms with E-state index >= 15 is 0 Å². The Balaban J connectivity index is 2.02. The van der Waals surface area contributed by atoms with Gasteiger partial charge >= 0.3 is 0 Å². The fourth-order valence-electron chi connectivity index (χ4n) is 2.64. The summed E-state index contributed by atoms with van der Waals surface area (Å²) in [6.07, 6.45) is 5.40. The van der Waals surface area contributed by atoms with E-state index in [0.717, 1.165) is 30.2 Å². The maximum absolute atomic E-state index is 5.18. The molecule has 0 unspecified atom stereocenters. The summed E-state index contributed by atoms with van der Waals surface area (Å²) in [7, 11) is 1.67. The van der Waals surface area contributed by atoms with E-state index in [1.165, 1.54) is 25.7 Å². The van der Waals surface area contributed by atoms with Gasteiger partial charge in [-0.3, -0.25) is 4.90 Å². The molecule has 18 heavy (non-hydrogen) atoms. The van der Waals surface area contributed by atoms with Gasteiger partial charge in [0.2, 0.25) is 5.88 Å². The summed E-state index contributed by atoms with van der Waals surface area (Å²) in [4.78, 5) is 7.05. The summed E-state index contributed by atoms with van der Waals surface area (Å²) in [5.74, 6) is 0.706. The smallest absolute Gasteiger partial charge is 0.213 e. The molecule has 2 rings (SSSR count). The van der Waals surface area contributed by atoms with E-state index in [9.17, 15) is 0 Å². The van der Waals surface area contributed by atoms with Gasteiger partial charge in [-0.15, -0.1) is 0 Å². The van der Waals surface area contributed by atoms with Gasteiger partial charge in [-0.1, -0.05) is 34.8 Å². The Hall–Kier alpha value is -0.610. The Morgan fingerprint density at radius 2 is 2.17 bits per heavy atom. The molecule has 0 amide bonds. The lowest BCUT2D eigenvalue weighted by Gasteiger charge is -2.27. The van der Waals surface area contributed by atoms with Crippen LogP contribution in [0.4, 0.5) is 0 Å². The van der Waals surface area contributed by atoms with Gasteiger partial charge in [0.05, 0.1) is 12.8 Å². The Bertz CT molecular complexity index is 367. The van der Waals surface area contributed by atoms with E-state index < -0.39 is 0 Å². The van der Waals surface area contributed by atoms with Crippen molar-refractivity contribution >= 4 is 15.9 Å². The third-order valence-electron chi connectivity index (χ3n) is 3.57. The largest absolute Gasteiger partial charge is 0.481 e. The second-order valence-corrected chi connectivity index (χ2v) is 5.56. The SMILES string of the molecule is COc1cccc(CN(CCBr)C2CCCC2)n1. The molecule has 0 aliphatic heterocycles. The minimum absolute atomic E-state index is 0.706. The third-order valence-corrected chi connectivity index (χ3v) is 3.92. The van der Waals surface area contributed by atoms with Crippen LogP contribution in [0.3, 0.4) is 0 Å². The first kappa shape index (κ1) is 13.8. The summed E-state index contributed by atoms with van der Waals surface area (Å²) in [5, 5.41) is 1.02. The lowest BCUT2D eigenvalue weighted by atomic mass is 10.2. The first-order valence-corrected chi connectivity index (χ1v) is 7.75. The van der Waals surface area contributed by atoms with Crippen molar-refractivity contribution in [3.05, 3.63) is 23.9 Å². The number of hydrogen-bond donors (Lipinski definition) is 0. The maximum atomic E-state index is 5.18. The van der Waals surface area contributed by atoms with Gasteiger partial charge in [0.15, 0.2) is 0 Å². The molecule has 0 radical (unpaired) electrons. The van der Waals surface area contributed by atoms with E-state index in [1.807, 2.05) is 12.1 Å². The maximum Gasteiger partial charge on any atom is 0.213 e. The Morgan fingerprint density at radius 3 is 2.83 bits per heavy atom. The monoisotopic (exact) mass is 312 g/mol. The number of aromatic nitrogens is 1. The molecule has 1 fully saturated rings. The van der Waals surface area contributed by atoms with Gasteiger partial charge < -0.3 is 4.74 Å². The molecule has 100 valence electrons. The number of halogens is 1. The third kappa shape index (κ3) is 3.69. The van der Waals surface area contributed by atoms with Crippen LogP contribution >= 0.6 is 15.9 Å². The van der Waals surface area contributed by atoms with Crippen LogP contribution in [0.2, 0.25) is 0 Å². The average molecular weight is 313 g/mol. The highest BCUT2D eigenvalue weighted by molar-refractivity contribution is 9.09. The summed E-state index contributed by atoms with van der Waals surface area (Å²) in [6.45, 7) is 2.01. The molecule has 1 aromatic heterocycles. The van der Waals surface area contributed by atoms with Crippen LogP contribution in [0.25, 0.3) is 0 Å². The molecule has 0 aromatic carbocycles. The Labute approximate surface area is 118 Å². The normalized spacial score (nSPS) is 16.4. The van der Waals surface area contributed by atoms with Crippen LogP contribution in [0, 0.1) is 0 Å². The zero-order valence-corrected chi connectivity index (χ0v) is 12.5. The zero-order chi connectivity index (χ0) is 12.8. The summed E-state index contributed by atoms with van der Waals surface area (Å²) in [5.41, 5.74) is 1.10. The first-order valence-electron chi connectivity index (χ1n) is 6.63. The van der Waals surface area contributed by atoms with E-state index in [2.05, 4.69) is 31.9 Å². The molecule has 4 heteroatoms. The van der Waals surface area contributed by atoms with Crippen molar-refractivity contribution in [2.45, 2.75) is 38.3 Å². The summed E-state index contributed by atoms with van der Waals surface area (Å²) >= 11 is 3.55. The van der Waals surface area contributed by atoms with Gasteiger partial charge in [-0.2, -0.15) is 0 Å². The highest BCUT2D eigenvalue weighted by Gasteiger charge is 2.22. The van der Waals surface area contributed by atoms with Gasteiger partial charge in [-0.25, -0.2) is 4.98 Å². The summed E-state index contributed by atoms with van der Waals surface area (Å²) < 4.78 is 5.18. The Kier molecular flexibility index (Phi) is 5.45. The molecular formula is C14H21BrN2O. The van der Waals surface area contributed by atoms with Gasteiger partial charge in [-0.05, 0) is 18.9 Å². The first-order chi connectivity index (χ1) is 8.83. The lowest BCUT2D eigenvalue weighted by molar-refractivity contribution is 0.199. The molecule has 1 saturated carbocycles. The molecule has 0 spiro atoms. The highest BCUT2D eigenvalue weighted by Crippen LogP contribution is 2.25. The quantitative estimate of drug-likeness (QED) is 0.754. The molecule has 3 nitrogen and oxygen atoms in total. The number of methoxy groups -OCH3 is 1. The van der Waals surface area contributed by atoms with Crippen molar-refractivity contribution in [1.82, 2.24) is 9.88 Å². The standard InChI is InChI=1S/C14H21BrN2O/c1-18-14-8-4-5-12(16-14)11-17(10-9-15)13-6-2-3-7-13/h4-5,8,13H,2-3,6-7,9-11H2,1H3. The van der Waals surface area contributed by atoms with Crippen molar-refractivity contribution in [3.63, 3.8) is 0 Å². The fourth-order valence-corrected chi connectivity index (χ4v) is 3.09. The molecule has 1 heterocycles. The molecule has 0 atom stereocenters. The average Bonchev–Trinajstić information content (AvgIpc) is 2.92. The van der Waals surface area contributed by atoms with Crippen molar-refractivity contribution in [3.8, 4) is 5.88 Å². The van der Waals surface area contributed by atoms with Crippen LogP contribution in [0.1, 0.15) is 31.4 Å². The molecular weight excluding hydrogens is 292 g/mol. The number of rotatable bonds is 6. The number of nitrogens with zero attached hydrogens (tertiary/aromatic N) is 2. The van der Waals surface area contributed by atoms with Crippen LogP contribution in [0.5, 0.6) is 5.88 Å². The van der Waals surface area contributed by atoms with Gasteiger partial charge in [0.25, 0.3) is 0 Å². The number of hydrogen-bond acceptors (Lipinski definition) is 3. The molecule has 1 aliphatic carbocycles. The van der Waals surface area contributed by atoms with E-state index in [1.54, 1.807) is 7.11 Å². The predicted molar refractivity (Wildman–Crippen MR) is 77.2 cm³/mol. The topological polar surface area (TPSA) is 25.4 Å². The minimum atomic E-state index is 0.706. The second-order valence-electron chi connectivity index (χ2n) is 4.77. The van der Waals surface area contributed by atoms with E-state index in [0.29, 0.717) is 5.88 Å². The van der Waals surface area contributed by atoms with Crippen LogP contribution in [-0.2, 0) is 6.54 Å². The fraction of sp³-hybridized carbons (Fsp3) is 0.643.